The summed E-state index contributed by atoms with van der Waals surface area (Å²) in [6, 6.07) is 11.8. The van der Waals surface area contributed by atoms with Crippen molar-refractivity contribution in [2.24, 2.45) is 4.99 Å². The van der Waals surface area contributed by atoms with Gasteiger partial charge in [-0.15, -0.1) is 5.69 Å². The number of hydrogen-bond acceptors (Lipinski definition) is 3. The monoisotopic (exact) mass is 490 g/mol. The van der Waals surface area contributed by atoms with Gasteiger partial charge in [-0.3, -0.25) is 4.99 Å². The third-order valence-corrected chi connectivity index (χ3v) is 6.00. The van der Waals surface area contributed by atoms with Crippen molar-refractivity contribution in [3.8, 4) is 5.75 Å². The van der Waals surface area contributed by atoms with Gasteiger partial charge in [0.2, 0.25) is 0 Å². The minimum Gasteiger partial charge on any atom is -0.871 e. The number of benzene rings is 2. The Morgan fingerprint density at radius 2 is 1.49 bits per heavy atom. The molecule has 0 saturated carbocycles. The van der Waals surface area contributed by atoms with Crippen LogP contribution < -0.4 is 42.8 Å². The fourth-order valence-electron chi connectivity index (χ4n) is 3.96. The summed E-state index contributed by atoms with van der Waals surface area (Å²) >= 11 is 0. The van der Waals surface area contributed by atoms with E-state index in [2.05, 4.69) is 71.7 Å². The molecule has 0 radical (unpaired) electrons. The number of ether oxygens (including phenoxy) is 1. The van der Waals surface area contributed by atoms with Gasteiger partial charge in [0.25, 0.3) is 0 Å². The number of nitrogens with zero attached hydrogens (tertiary/aromatic N) is 2. The van der Waals surface area contributed by atoms with Gasteiger partial charge < -0.3 is 15.2 Å². The Morgan fingerprint density at radius 3 is 1.92 bits per heavy atom. The van der Waals surface area contributed by atoms with Crippen molar-refractivity contribution in [1.29, 1.82) is 0 Å². The third-order valence-electron chi connectivity index (χ3n) is 6.00. The van der Waals surface area contributed by atoms with Gasteiger partial charge in [0.1, 0.15) is 0 Å². The van der Waals surface area contributed by atoms with E-state index in [4.69, 9.17) is 10.1 Å². The Kier molecular flexibility index (Phi) is 15.9. The molecule has 0 aromatic heterocycles. The fraction of sp³-hybridized carbons (Fsp3) is 0.516. The number of para-hydroxylation sites is 1. The molecule has 0 N–H and O–H groups in total. The zero-order valence-electron chi connectivity index (χ0n) is 25.2. The topological polar surface area (TPSA) is 58.8 Å². The molecule has 37 heavy (non-hydrogen) atoms. The summed E-state index contributed by atoms with van der Waals surface area (Å²) in [6.07, 6.45) is 4.50. The van der Waals surface area contributed by atoms with Gasteiger partial charge in [0.05, 0.1) is 5.69 Å². The first-order valence-electron chi connectivity index (χ1n) is 12.9. The standard InChI is InChI=1S/C27H37N2O.C4H8O.2Li/c1-17(2)22-11-10-12-23(18(3)4)26(22)29-20(6)15-19(5)28-24-16-21(27(7,8)9)13-14-25(24)30;1-2-4-5-3-1;;/h10-18H,1-9H3,(H-,28,29,30);1-4H2;;/q-1;;2*+1/p-1. The first kappa shape index (κ1) is 35.6. The Labute approximate surface area is 250 Å². The van der Waals surface area contributed by atoms with Crippen LogP contribution in [0.3, 0.4) is 0 Å². The largest absolute Gasteiger partial charge is 1.00 e. The molecule has 3 rings (SSSR count). The van der Waals surface area contributed by atoms with E-state index < -0.39 is 0 Å². The van der Waals surface area contributed by atoms with E-state index in [1.807, 2.05) is 32.1 Å². The van der Waals surface area contributed by atoms with Gasteiger partial charge in [0, 0.05) is 18.9 Å². The average molecular weight is 491 g/mol. The Balaban J connectivity index is 0.00000165. The number of allylic oxidation sites excluding steroid dienone is 2. The number of aliphatic imine (C=N–C) groups is 1. The van der Waals surface area contributed by atoms with Crippen LogP contribution in [-0.4, -0.2) is 18.9 Å². The molecular formula is C31H44Li2N2O2. The predicted octanol–water partition coefficient (Wildman–Crippen LogP) is 2.81. The van der Waals surface area contributed by atoms with Crippen molar-refractivity contribution in [2.45, 2.75) is 92.4 Å². The van der Waals surface area contributed by atoms with Crippen LogP contribution in [0.25, 0.3) is 5.32 Å². The molecule has 0 amide bonds. The van der Waals surface area contributed by atoms with Crippen LogP contribution in [0.5, 0.6) is 5.75 Å². The minimum absolute atomic E-state index is 0. The summed E-state index contributed by atoms with van der Waals surface area (Å²) < 4.78 is 4.94. The molecule has 1 saturated heterocycles. The summed E-state index contributed by atoms with van der Waals surface area (Å²) in [7, 11) is 0. The van der Waals surface area contributed by atoms with E-state index in [1.54, 1.807) is 6.07 Å². The van der Waals surface area contributed by atoms with Crippen LogP contribution in [0.1, 0.15) is 104 Å². The zero-order valence-corrected chi connectivity index (χ0v) is 25.2. The van der Waals surface area contributed by atoms with E-state index in [0.29, 0.717) is 17.5 Å². The van der Waals surface area contributed by atoms with Crippen LogP contribution in [0, 0.1) is 0 Å². The quantitative estimate of drug-likeness (QED) is 0.462. The van der Waals surface area contributed by atoms with Gasteiger partial charge >= 0.3 is 37.7 Å². The second-order valence-electron chi connectivity index (χ2n) is 11.0. The van der Waals surface area contributed by atoms with Crippen LogP contribution in [0.15, 0.2) is 53.2 Å². The molecular weight excluding hydrogens is 446 g/mol. The van der Waals surface area contributed by atoms with Crippen molar-refractivity contribution in [3.05, 3.63) is 70.2 Å². The van der Waals surface area contributed by atoms with Gasteiger partial charge in [-0.25, -0.2) is 0 Å². The maximum atomic E-state index is 12.3. The first-order valence-corrected chi connectivity index (χ1v) is 12.9. The normalized spacial score (nSPS) is 14.0. The molecule has 0 aliphatic carbocycles. The third kappa shape index (κ3) is 11.5. The molecule has 1 heterocycles. The van der Waals surface area contributed by atoms with E-state index in [0.717, 1.165) is 35.9 Å². The maximum Gasteiger partial charge on any atom is 1.00 e. The fourth-order valence-corrected chi connectivity index (χ4v) is 3.96. The van der Waals surface area contributed by atoms with Crippen molar-refractivity contribution in [3.63, 3.8) is 0 Å². The van der Waals surface area contributed by atoms with Crippen molar-refractivity contribution in [1.82, 2.24) is 0 Å². The first-order chi connectivity index (χ1) is 16.4. The molecule has 1 aliphatic rings. The number of rotatable bonds is 6. The molecule has 1 fully saturated rings. The van der Waals surface area contributed by atoms with Crippen LogP contribution >= 0.6 is 0 Å². The molecule has 192 valence electrons. The molecule has 0 bridgehead atoms. The van der Waals surface area contributed by atoms with Crippen LogP contribution in [0.2, 0.25) is 0 Å². The Hall–Kier alpha value is -1.40. The van der Waals surface area contributed by atoms with Gasteiger partial charge in [-0.05, 0) is 48.6 Å². The van der Waals surface area contributed by atoms with Gasteiger partial charge in [-0.1, -0.05) is 109 Å². The Morgan fingerprint density at radius 1 is 0.946 bits per heavy atom. The zero-order chi connectivity index (χ0) is 26.2. The molecule has 0 unspecified atom stereocenters. The van der Waals surface area contributed by atoms with Crippen molar-refractivity contribution < 1.29 is 47.6 Å². The minimum atomic E-state index is -0.0578. The van der Waals surface area contributed by atoms with E-state index in [9.17, 15) is 5.11 Å². The van der Waals surface area contributed by atoms with Gasteiger partial charge in [0.15, 0.2) is 0 Å². The van der Waals surface area contributed by atoms with E-state index in [1.165, 1.54) is 24.0 Å². The summed E-state index contributed by atoms with van der Waals surface area (Å²) in [5.74, 6) is 0.735. The molecule has 0 atom stereocenters. The average Bonchev–Trinajstić information content (AvgIpc) is 3.34. The summed E-state index contributed by atoms with van der Waals surface area (Å²) in [4.78, 5) is 4.60. The molecule has 2 aromatic rings. The Bertz CT molecular complexity index is 1000. The van der Waals surface area contributed by atoms with Gasteiger partial charge in [-0.2, -0.15) is 5.70 Å². The van der Waals surface area contributed by atoms with Crippen LogP contribution in [0.4, 0.5) is 11.4 Å². The van der Waals surface area contributed by atoms with Crippen LogP contribution in [-0.2, 0) is 10.2 Å². The SMILES string of the molecule is C1CCOC1.CC(/C=C(/C)[N-]c1c(C(C)C)cccc1C(C)C)=Nc1cc(C(C)(C)C)ccc1[O-].[Li+].[Li+]. The molecule has 6 heteroatoms. The molecule has 1 aliphatic heterocycles. The number of hydrogen-bond donors (Lipinski definition) is 0. The summed E-state index contributed by atoms with van der Waals surface area (Å²) in [6.45, 7) is 21.1. The molecule has 2 aromatic carbocycles. The van der Waals surface area contributed by atoms with E-state index >= 15 is 0 Å². The second-order valence-corrected chi connectivity index (χ2v) is 11.0. The van der Waals surface area contributed by atoms with Crippen molar-refractivity contribution in [2.75, 3.05) is 13.2 Å². The second kappa shape index (κ2) is 16.5. The van der Waals surface area contributed by atoms with Crippen molar-refractivity contribution >= 4 is 17.1 Å². The summed E-state index contributed by atoms with van der Waals surface area (Å²) in [5, 5.41) is 17.3. The predicted molar refractivity (Wildman–Crippen MR) is 149 cm³/mol. The molecule has 0 spiro atoms. The maximum absolute atomic E-state index is 12.3. The molecule has 4 nitrogen and oxygen atoms in total. The smallest absolute Gasteiger partial charge is 0.871 e. The summed E-state index contributed by atoms with van der Waals surface area (Å²) in [5.41, 5.74) is 6.77. The van der Waals surface area contributed by atoms with E-state index in [-0.39, 0.29) is 48.9 Å².